The summed E-state index contributed by atoms with van der Waals surface area (Å²) in [5, 5.41) is 3.41. The molecule has 2 aromatic rings. The number of hydrogen-bond donors (Lipinski definition) is 1. The van der Waals surface area contributed by atoms with Crippen LogP contribution in [0.25, 0.3) is 0 Å². The van der Waals surface area contributed by atoms with Crippen molar-refractivity contribution in [2.24, 2.45) is 5.92 Å². The summed E-state index contributed by atoms with van der Waals surface area (Å²) < 4.78 is 1.03. The second-order valence-corrected chi connectivity index (χ2v) is 5.74. The van der Waals surface area contributed by atoms with Crippen molar-refractivity contribution in [2.45, 2.75) is 19.4 Å². The topological polar surface area (TPSA) is 24.9 Å². The van der Waals surface area contributed by atoms with Crippen molar-refractivity contribution in [1.29, 1.82) is 0 Å². The first kappa shape index (κ1) is 14.2. The van der Waals surface area contributed by atoms with Gasteiger partial charge in [-0.15, -0.1) is 0 Å². The first-order valence-corrected chi connectivity index (χ1v) is 7.32. The molecule has 0 saturated heterocycles. The summed E-state index contributed by atoms with van der Waals surface area (Å²) in [6.07, 6.45) is 2.83. The number of benzene rings is 1. The molecule has 2 unspecified atom stereocenters. The van der Waals surface area contributed by atoms with Crippen LogP contribution in [0.2, 0.25) is 0 Å². The molecule has 0 aliphatic rings. The number of aromatic nitrogens is 1. The predicted molar refractivity (Wildman–Crippen MR) is 83.0 cm³/mol. The molecule has 1 heterocycles. The molecule has 0 aliphatic heterocycles. The molecule has 2 rings (SSSR count). The maximum Gasteiger partial charge on any atom is 0.0413 e. The van der Waals surface area contributed by atoms with Crippen LogP contribution in [0.3, 0.4) is 0 Å². The monoisotopic (exact) mass is 318 g/mol. The molecule has 0 bridgehead atoms. The minimum Gasteiger partial charge on any atom is -0.313 e. The van der Waals surface area contributed by atoms with Crippen LogP contribution in [0.15, 0.2) is 53.1 Å². The highest BCUT2D eigenvalue weighted by Gasteiger charge is 2.18. The van der Waals surface area contributed by atoms with Crippen molar-refractivity contribution in [1.82, 2.24) is 10.3 Å². The van der Waals surface area contributed by atoms with Crippen LogP contribution in [0.5, 0.6) is 0 Å². The van der Waals surface area contributed by atoms with E-state index in [-0.39, 0.29) is 0 Å². The molecule has 2 nitrogen and oxygen atoms in total. The summed E-state index contributed by atoms with van der Waals surface area (Å²) in [5.74, 6) is 0.487. The SMILES string of the molecule is CNC(c1ccccc1)C(C)Cc1ccc(Br)cn1. The average molecular weight is 319 g/mol. The van der Waals surface area contributed by atoms with Crippen molar-refractivity contribution in [3.05, 3.63) is 64.4 Å². The van der Waals surface area contributed by atoms with E-state index in [0.717, 1.165) is 16.6 Å². The molecule has 0 saturated carbocycles. The molecular weight excluding hydrogens is 300 g/mol. The Kier molecular flexibility index (Phi) is 5.11. The van der Waals surface area contributed by atoms with E-state index in [2.05, 4.69) is 69.6 Å². The highest BCUT2D eigenvalue weighted by Crippen LogP contribution is 2.24. The maximum absolute atomic E-state index is 4.45. The van der Waals surface area contributed by atoms with Gasteiger partial charge < -0.3 is 5.32 Å². The van der Waals surface area contributed by atoms with Crippen molar-refractivity contribution < 1.29 is 0 Å². The van der Waals surface area contributed by atoms with Crippen molar-refractivity contribution in [3.8, 4) is 0 Å². The molecule has 0 spiro atoms. The summed E-state index contributed by atoms with van der Waals surface area (Å²) in [4.78, 5) is 4.45. The van der Waals surface area contributed by atoms with Crippen LogP contribution in [-0.4, -0.2) is 12.0 Å². The summed E-state index contributed by atoms with van der Waals surface area (Å²) in [7, 11) is 2.02. The Morgan fingerprint density at radius 3 is 2.47 bits per heavy atom. The fourth-order valence-corrected chi connectivity index (χ4v) is 2.65. The number of nitrogens with one attached hydrogen (secondary N) is 1. The molecule has 0 amide bonds. The standard InChI is InChI=1S/C16H19BrN2/c1-12(10-15-9-8-14(17)11-19-15)16(18-2)13-6-4-3-5-7-13/h3-9,11-12,16,18H,10H2,1-2H3. The Hall–Kier alpha value is -1.19. The summed E-state index contributed by atoms with van der Waals surface area (Å²) in [6.45, 7) is 2.26. The van der Waals surface area contributed by atoms with Crippen LogP contribution in [0.4, 0.5) is 0 Å². The number of nitrogens with zero attached hydrogens (tertiary/aromatic N) is 1. The third-order valence-electron chi connectivity index (χ3n) is 3.36. The van der Waals surface area contributed by atoms with Gasteiger partial charge in [-0.25, -0.2) is 0 Å². The summed E-state index contributed by atoms with van der Waals surface area (Å²) in [6, 6.07) is 15.1. The lowest BCUT2D eigenvalue weighted by Crippen LogP contribution is -2.25. The first-order chi connectivity index (χ1) is 9.20. The molecule has 2 atom stereocenters. The second kappa shape index (κ2) is 6.83. The van der Waals surface area contributed by atoms with Gasteiger partial charge in [0, 0.05) is 22.4 Å². The zero-order valence-corrected chi connectivity index (χ0v) is 12.9. The highest BCUT2D eigenvalue weighted by atomic mass is 79.9. The zero-order valence-electron chi connectivity index (χ0n) is 11.3. The van der Waals surface area contributed by atoms with Gasteiger partial charge in [0.2, 0.25) is 0 Å². The van der Waals surface area contributed by atoms with Gasteiger partial charge in [0.05, 0.1) is 0 Å². The molecule has 0 aliphatic carbocycles. The van der Waals surface area contributed by atoms with E-state index < -0.39 is 0 Å². The van der Waals surface area contributed by atoms with E-state index in [4.69, 9.17) is 0 Å². The third-order valence-corrected chi connectivity index (χ3v) is 3.83. The van der Waals surface area contributed by atoms with E-state index >= 15 is 0 Å². The van der Waals surface area contributed by atoms with E-state index in [1.54, 1.807) is 0 Å². The smallest absolute Gasteiger partial charge is 0.0413 e. The molecule has 1 aromatic carbocycles. The van der Waals surface area contributed by atoms with Gasteiger partial charge >= 0.3 is 0 Å². The van der Waals surface area contributed by atoms with Crippen molar-refractivity contribution in [2.75, 3.05) is 7.05 Å². The van der Waals surface area contributed by atoms with Gasteiger partial charge in [-0.1, -0.05) is 37.3 Å². The Bertz CT molecular complexity index is 496. The lowest BCUT2D eigenvalue weighted by Gasteiger charge is -2.24. The number of hydrogen-bond acceptors (Lipinski definition) is 2. The molecule has 1 N–H and O–H groups in total. The van der Waals surface area contributed by atoms with Gasteiger partial charge in [0.15, 0.2) is 0 Å². The van der Waals surface area contributed by atoms with Crippen LogP contribution >= 0.6 is 15.9 Å². The van der Waals surface area contributed by atoms with Crippen LogP contribution in [0.1, 0.15) is 24.2 Å². The maximum atomic E-state index is 4.45. The minimum atomic E-state index is 0.353. The lowest BCUT2D eigenvalue weighted by molar-refractivity contribution is 0.406. The Balaban J connectivity index is 2.09. The molecule has 100 valence electrons. The summed E-state index contributed by atoms with van der Waals surface area (Å²) >= 11 is 3.42. The average Bonchev–Trinajstić information content (AvgIpc) is 2.43. The minimum absolute atomic E-state index is 0.353. The lowest BCUT2D eigenvalue weighted by atomic mass is 9.91. The van der Waals surface area contributed by atoms with E-state index in [1.807, 2.05) is 19.3 Å². The van der Waals surface area contributed by atoms with Crippen LogP contribution < -0.4 is 5.32 Å². The molecular formula is C16H19BrN2. The summed E-state index contributed by atoms with van der Waals surface area (Å²) in [5.41, 5.74) is 2.46. The molecule has 19 heavy (non-hydrogen) atoms. The third kappa shape index (κ3) is 3.88. The van der Waals surface area contributed by atoms with Gasteiger partial charge in [0.1, 0.15) is 0 Å². The Labute approximate surface area is 123 Å². The predicted octanol–water partition coefficient (Wildman–Crippen LogP) is 3.98. The number of pyridine rings is 1. The molecule has 0 fully saturated rings. The van der Waals surface area contributed by atoms with E-state index in [9.17, 15) is 0 Å². The van der Waals surface area contributed by atoms with Gasteiger partial charge in [0.25, 0.3) is 0 Å². The Morgan fingerprint density at radius 1 is 1.16 bits per heavy atom. The Morgan fingerprint density at radius 2 is 1.89 bits per heavy atom. The fraction of sp³-hybridized carbons (Fsp3) is 0.312. The van der Waals surface area contributed by atoms with E-state index in [1.165, 1.54) is 5.56 Å². The quantitative estimate of drug-likeness (QED) is 0.901. The normalized spacial score (nSPS) is 14.1. The van der Waals surface area contributed by atoms with Crippen molar-refractivity contribution in [3.63, 3.8) is 0 Å². The van der Waals surface area contributed by atoms with Crippen LogP contribution in [0, 0.1) is 5.92 Å². The highest BCUT2D eigenvalue weighted by molar-refractivity contribution is 9.10. The van der Waals surface area contributed by atoms with Crippen molar-refractivity contribution >= 4 is 15.9 Å². The first-order valence-electron chi connectivity index (χ1n) is 6.53. The zero-order chi connectivity index (χ0) is 13.7. The second-order valence-electron chi connectivity index (χ2n) is 4.83. The van der Waals surface area contributed by atoms with E-state index in [0.29, 0.717) is 12.0 Å². The van der Waals surface area contributed by atoms with Gasteiger partial charge in [-0.3, -0.25) is 4.98 Å². The number of rotatable bonds is 5. The largest absolute Gasteiger partial charge is 0.313 e. The van der Waals surface area contributed by atoms with Gasteiger partial charge in [-0.2, -0.15) is 0 Å². The number of halogens is 1. The fourth-order valence-electron chi connectivity index (χ4n) is 2.42. The molecule has 1 aromatic heterocycles. The molecule has 3 heteroatoms. The molecule has 0 radical (unpaired) electrons. The van der Waals surface area contributed by atoms with Crippen LogP contribution in [-0.2, 0) is 6.42 Å². The van der Waals surface area contributed by atoms with Gasteiger partial charge in [-0.05, 0) is 53.0 Å².